The van der Waals surface area contributed by atoms with Gasteiger partial charge in [0.05, 0.1) is 10.6 Å². The molecule has 0 aliphatic heterocycles. The number of thiophene rings is 1. The van der Waals surface area contributed by atoms with E-state index in [4.69, 9.17) is 10.5 Å². The molecular formula is C14H17N3O4S. The summed E-state index contributed by atoms with van der Waals surface area (Å²) in [5, 5.41) is 11.1. The van der Waals surface area contributed by atoms with Gasteiger partial charge in [0, 0.05) is 7.05 Å². The van der Waals surface area contributed by atoms with Crippen molar-refractivity contribution in [3.8, 4) is 16.5 Å². The molecule has 7 nitrogen and oxygen atoms in total. The molecule has 0 saturated carbocycles. The van der Waals surface area contributed by atoms with Crippen LogP contribution in [0.3, 0.4) is 0 Å². The van der Waals surface area contributed by atoms with Crippen molar-refractivity contribution in [3.63, 3.8) is 0 Å². The first-order chi connectivity index (χ1) is 10.1. The van der Waals surface area contributed by atoms with Gasteiger partial charge in [-0.1, -0.05) is 0 Å². The Morgan fingerprint density at radius 1 is 1.45 bits per heavy atom. The van der Waals surface area contributed by atoms with Gasteiger partial charge in [0.1, 0.15) is 5.60 Å². The van der Waals surface area contributed by atoms with Crippen LogP contribution in [0.1, 0.15) is 31.3 Å². The van der Waals surface area contributed by atoms with Crippen molar-refractivity contribution in [2.45, 2.75) is 26.4 Å². The highest BCUT2D eigenvalue weighted by Crippen LogP contribution is 2.30. The van der Waals surface area contributed by atoms with Crippen molar-refractivity contribution in [1.29, 1.82) is 0 Å². The van der Waals surface area contributed by atoms with Crippen LogP contribution in [0.5, 0.6) is 5.75 Å². The Hall–Kier alpha value is -2.35. The number of rotatable bonds is 3. The van der Waals surface area contributed by atoms with Gasteiger partial charge in [-0.15, -0.1) is 11.3 Å². The third kappa shape index (κ3) is 2.96. The summed E-state index contributed by atoms with van der Waals surface area (Å²) in [6, 6.07) is 1.67. The van der Waals surface area contributed by atoms with Gasteiger partial charge in [-0.2, -0.15) is 0 Å². The molecule has 0 aliphatic rings. The average molecular weight is 323 g/mol. The van der Waals surface area contributed by atoms with Crippen LogP contribution in [0.15, 0.2) is 16.2 Å². The summed E-state index contributed by atoms with van der Waals surface area (Å²) in [5.41, 5.74) is 4.57. The number of hydrogen-bond donors (Lipinski definition) is 2. The third-order valence-electron chi connectivity index (χ3n) is 2.76. The third-order valence-corrected chi connectivity index (χ3v) is 3.69. The number of carbonyl (C=O) groups is 1. The molecule has 0 spiro atoms. The van der Waals surface area contributed by atoms with Gasteiger partial charge in [0.2, 0.25) is 5.75 Å². The van der Waals surface area contributed by atoms with Gasteiger partial charge < -0.3 is 15.6 Å². The number of nitrogens with zero attached hydrogens (tertiary/aromatic N) is 2. The average Bonchev–Trinajstić information content (AvgIpc) is 2.80. The van der Waals surface area contributed by atoms with E-state index >= 15 is 0 Å². The van der Waals surface area contributed by atoms with E-state index in [2.05, 4.69) is 4.98 Å². The Kier molecular flexibility index (Phi) is 3.97. The second-order valence-electron chi connectivity index (χ2n) is 5.70. The van der Waals surface area contributed by atoms with Gasteiger partial charge in [-0.25, -0.2) is 9.78 Å². The van der Waals surface area contributed by atoms with Crippen LogP contribution >= 0.6 is 11.3 Å². The topological polar surface area (TPSA) is 107 Å². The molecule has 0 radical (unpaired) electrons. The van der Waals surface area contributed by atoms with Crippen LogP contribution in [0, 0.1) is 0 Å². The highest BCUT2D eigenvalue weighted by molar-refractivity contribution is 7.14. The normalized spacial score (nSPS) is 11.5. The van der Waals surface area contributed by atoms with Gasteiger partial charge >= 0.3 is 5.97 Å². The lowest BCUT2D eigenvalue weighted by Gasteiger charge is -2.22. The van der Waals surface area contributed by atoms with Gasteiger partial charge in [0.25, 0.3) is 5.56 Å². The fraction of sp³-hybridized carbons (Fsp3) is 0.357. The molecule has 0 amide bonds. The van der Waals surface area contributed by atoms with Gasteiger partial charge in [-0.3, -0.25) is 9.36 Å². The monoisotopic (exact) mass is 323 g/mol. The summed E-state index contributed by atoms with van der Waals surface area (Å²) >= 11 is 1.28. The summed E-state index contributed by atoms with van der Waals surface area (Å²) in [6.07, 6.45) is 0. The summed E-state index contributed by atoms with van der Waals surface area (Å²) in [6.45, 7) is 5.18. The summed E-state index contributed by atoms with van der Waals surface area (Å²) < 4.78 is 6.75. The first-order valence-electron chi connectivity index (χ1n) is 6.48. The van der Waals surface area contributed by atoms with Crippen molar-refractivity contribution in [2.24, 2.45) is 7.05 Å². The zero-order valence-electron chi connectivity index (χ0n) is 12.7. The molecule has 22 heavy (non-hydrogen) atoms. The molecule has 2 heterocycles. The number of nitrogen functional groups attached to an aromatic ring is 1. The molecule has 0 unspecified atom stereocenters. The minimum atomic E-state index is -1.33. The predicted molar refractivity (Wildman–Crippen MR) is 84.5 cm³/mol. The zero-order chi connectivity index (χ0) is 16.7. The summed E-state index contributed by atoms with van der Waals surface area (Å²) in [5.74, 6) is -1.40. The van der Waals surface area contributed by atoms with Crippen LogP contribution in [0.4, 0.5) is 5.69 Å². The van der Waals surface area contributed by atoms with Crippen LogP contribution in [0.2, 0.25) is 0 Å². The molecular weight excluding hydrogens is 306 g/mol. The van der Waals surface area contributed by atoms with Crippen LogP contribution in [0.25, 0.3) is 10.7 Å². The van der Waals surface area contributed by atoms with E-state index in [-0.39, 0.29) is 11.6 Å². The number of nitrogens with two attached hydrogens (primary N) is 1. The molecule has 0 atom stereocenters. The number of hydrogen-bond acceptors (Lipinski definition) is 6. The molecule has 0 fully saturated rings. The highest BCUT2D eigenvalue weighted by Gasteiger charge is 2.26. The highest BCUT2D eigenvalue weighted by atomic mass is 32.1. The SMILES string of the molecule is Cn1c(-c2sccc2N)nc(C(=O)O)c(OC(C)(C)C)c1=O. The molecule has 118 valence electrons. The number of carboxylic acids is 1. The minimum absolute atomic E-state index is 0.205. The van der Waals surface area contributed by atoms with Gasteiger partial charge in [-0.05, 0) is 32.2 Å². The number of aromatic nitrogens is 2. The fourth-order valence-electron chi connectivity index (χ4n) is 1.83. The van der Waals surface area contributed by atoms with Crippen molar-refractivity contribution in [3.05, 3.63) is 27.5 Å². The van der Waals surface area contributed by atoms with Crippen molar-refractivity contribution in [1.82, 2.24) is 9.55 Å². The Labute approximate surface area is 131 Å². The first kappa shape index (κ1) is 16.0. The number of ether oxygens (including phenoxy) is 1. The largest absolute Gasteiger partial charge is 0.480 e. The first-order valence-corrected chi connectivity index (χ1v) is 7.36. The van der Waals surface area contributed by atoms with E-state index in [0.717, 1.165) is 0 Å². The smallest absolute Gasteiger partial charge is 0.358 e. The Bertz CT molecular complexity index is 786. The zero-order valence-corrected chi connectivity index (χ0v) is 13.5. The summed E-state index contributed by atoms with van der Waals surface area (Å²) in [7, 11) is 1.50. The second-order valence-corrected chi connectivity index (χ2v) is 6.62. The molecule has 8 heteroatoms. The quantitative estimate of drug-likeness (QED) is 0.894. The molecule has 0 bridgehead atoms. The van der Waals surface area contributed by atoms with Crippen LogP contribution < -0.4 is 16.0 Å². The lowest BCUT2D eigenvalue weighted by molar-refractivity contribution is 0.0670. The molecule has 2 aromatic rings. The summed E-state index contributed by atoms with van der Waals surface area (Å²) in [4.78, 5) is 28.6. The van der Waals surface area contributed by atoms with E-state index in [1.807, 2.05) is 0 Å². The van der Waals surface area contributed by atoms with E-state index in [1.54, 1.807) is 32.2 Å². The van der Waals surface area contributed by atoms with Crippen molar-refractivity contribution < 1.29 is 14.6 Å². The molecule has 0 aliphatic carbocycles. The molecule has 2 rings (SSSR count). The van der Waals surface area contributed by atoms with E-state index < -0.39 is 22.8 Å². The van der Waals surface area contributed by atoms with Gasteiger partial charge in [0.15, 0.2) is 11.5 Å². The number of anilines is 1. The lowest BCUT2D eigenvalue weighted by atomic mass is 10.2. The Morgan fingerprint density at radius 2 is 2.09 bits per heavy atom. The maximum atomic E-state index is 12.5. The predicted octanol–water partition coefficient (Wildman–Crippen LogP) is 1.97. The van der Waals surface area contributed by atoms with Crippen molar-refractivity contribution in [2.75, 3.05) is 5.73 Å². The standard InChI is InChI=1S/C14H17N3O4S/c1-14(2,3)21-9-8(13(19)20)16-11(17(4)12(9)18)10-7(15)5-6-22-10/h5-6H,15H2,1-4H3,(H,19,20). The Balaban J connectivity index is 2.75. The lowest BCUT2D eigenvalue weighted by Crippen LogP contribution is -2.32. The maximum absolute atomic E-state index is 12.5. The molecule has 0 aromatic carbocycles. The van der Waals surface area contributed by atoms with E-state index in [9.17, 15) is 14.7 Å². The molecule has 3 N–H and O–H groups in total. The van der Waals surface area contributed by atoms with Crippen molar-refractivity contribution >= 4 is 23.0 Å². The Morgan fingerprint density at radius 3 is 2.55 bits per heavy atom. The second kappa shape index (κ2) is 5.45. The molecule has 2 aromatic heterocycles. The number of carboxylic acid groups (broad SMARTS) is 1. The number of aromatic carboxylic acids is 1. The fourth-order valence-corrected chi connectivity index (χ4v) is 2.67. The van der Waals surface area contributed by atoms with Crippen LogP contribution in [-0.4, -0.2) is 26.2 Å². The van der Waals surface area contributed by atoms with E-state index in [0.29, 0.717) is 10.6 Å². The van der Waals surface area contributed by atoms with Crippen LogP contribution in [-0.2, 0) is 7.05 Å². The minimum Gasteiger partial charge on any atom is -0.480 e. The maximum Gasteiger partial charge on any atom is 0.358 e. The van der Waals surface area contributed by atoms with E-state index in [1.165, 1.54) is 23.0 Å². The molecule has 0 saturated heterocycles.